The van der Waals surface area contributed by atoms with Gasteiger partial charge in [-0.2, -0.15) is 0 Å². The van der Waals surface area contributed by atoms with Crippen LogP contribution in [-0.4, -0.2) is 47.1 Å². The number of carbonyl (C=O) groups excluding carboxylic acids is 1. The fraction of sp³-hybridized carbons (Fsp3) is 0.444. The molecule has 36 heavy (non-hydrogen) atoms. The summed E-state index contributed by atoms with van der Waals surface area (Å²) in [6, 6.07) is 14.0. The first kappa shape index (κ1) is 27.9. The second-order valence-electron chi connectivity index (χ2n) is 9.06. The number of nitrogens with zero attached hydrogens (tertiary/aromatic N) is 2. The van der Waals surface area contributed by atoms with Gasteiger partial charge in [0.15, 0.2) is 0 Å². The van der Waals surface area contributed by atoms with Crippen LogP contribution >= 0.6 is 0 Å². The number of carbonyl (C=O) groups is 1. The predicted molar refractivity (Wildman–Crippen MR) is 140 cm³/mol. The summed E-state index contributed by atoms with van der Waals surface area (Å²) in [5, 5.41) is 7.67. The van der Waals surface area contributed by atoms with E-state index in [9.17, 15) is 4.79 Å². The zero-order valence-corrected chi connectivity index (χ0v) is 24.2. The van der Waals surface area contributed by atoms with E-state index in [0.717, 1.165) is 59.0 Å². The Labute approximate surface area is 224 Å². The van der Waals surface area contributed by atoms with Crippen LogP contribution in [0.1, 0.15) is 45.6 Å². The van der Waals surface area contributed by atoms with Crippen molar-refractivity contribution in [2.45, 2.75) is 52.1 Å². The molecule has 0 aliphatic heterocycles. The molecule has 0 saturated heterocycles. The minimum absolute atomic E-state index is 0.0347. The molecule has 0 radical (unpaired) electrons. The molecule has 1 aromatic heterocycles. The molecule has 3 aromatic rings. The topological polar surface area (TPSA) is 89.8 Å². The zero-order valence-electron chi connectivity index (χ0n) is 22.1. The van der Waals surface area contributed by atoms with Gasteiger partial charge in [0.25, 0.3) is 0 Å². The molecule has 0 fully saturated rings. The number of ether oxygens (including phenoxy) is 2. The summed E-state index contributed by atoms with van der Waals surface area (Å²) >= 11 is -0.302. The first-order chi connectivity index (χ1) is 17.3. The second-order valence-corrected chi connectivity index (χ2v) is 11.4. The van der Waals surface area contributed by atoms with Crippen LogP contribution in [0.4, 0.5) is 11.8 Å². The summed E-state index contributed by atoms with van der Waals surface area (Å²) in [7, 11) is 3.33. The number of amides is 1. The van der Waals surface area contributed by atoms with Crippen LogP contribution in [0, 0.1) is 0 Å². The van der Waals surface area contributed by atoms with Gasteiger partial charge in [0.1, 0.15) is 0 Å². The van der Waals surface area contributed by atoms with Crippen molar-refractivity contribution in [3.05, 3.63) is 48.0 Å². The van der Waals surface area contributed by atoms with Crippen molar-refractivity contribution in [2.75, 3.05) is 31.0 Å². The number of nitrogens with one attached hydrogen (secondary N) is 3. The van der Waals surface area contributed by atoms with Gasteiger partial charge in [-0.1, -0.05) is 0 Å². The average Bonchev–Trinajstić information content (AvgIpc) is 2.89. The first-order valence-corrected chi connectivity index (χ1v) is 15.4. The number of alkyl halides is 1. The van der Waals surface area contributed by atoms with Gasteiger partial charge in [0.2, 0.25) is 0 Å². The molecular formula is C27H38IN5O3. The van der Waals surface area contributed by atoms with Crippen LogP contribution < -0.4 is 44.7 Å². The number of unbranched alkanes of at least 4 members (excludes halogenated alkanes) is 1. The van der Waals surface area contributed by atoms with Crippen molar-refractivity contribution in [3.8, 4) is 11.5 Å². The van der Waals surface area contributed by atoms with Crippen LogP contribution in [0.25, 0.3) is 10.9 Å². The second kappa shape index (κ2) is 13.0. The summed E-state index contributed by atoms with van der Waals surface area (Å²) in [5.74, 6) is 3.10. The number of aromatic nitrogens is 2. The van der Waals surface area contributed by atoms with Crippen molar-refractivity contribution in [2.24, 2.45) is 0 Å². The number of rotatable bonds is 13. The Morgan fingerprint density at radius 2 is 1.92 bits per heavy atom. The summed E-state index contributed by atoms with van der Waals surface area (Å²) in [4.78, 5) is 24.0. The molecule has 0 bridgehead atoms. The van der Waals surface area contributed by atoms with Gasteiger partial charge in [0, 0.05) is 0 Å². The Morgan fingerprint density at radius 1 is 1.14 bits per heavy atom. The molecule has 0 saturated carbocycles. The minimum atomic E-state index is -0.337. The molecule has 2 atom stereocenters. The maximum atomic E-state index is 11.7. The number of methoxy groups -OCH3 is 2. The van der Waals surface area contributed by atoms with E-state index in [2.05, 4.69) is 29.4 Å². The number of anilines is 1. The summed E-state index contributed by atoms with van der Waals surface area (Å²) in [5.41, 5.74) is 1.65. The van der Waals surface area contributed by atoms with E-state index in [4.69, 9.17) is 19.4 Å². The molecule has 2 aromatic carbocycles. The molecule has 0 aliphatic carbocycles. The van der Waals surface area contributed by atoms with Crippen LogP contribution in [-0.2, 0) is 11.3 Å². The monoisotopic (exact) mass is 607 g/mol. The molecule has 0 aliphatic rings. The van der Waals surface area contributed by atoms with Crippen molar-refractivity contribution < 1.29 is 38.9 Å². The Bertz CT molecular complexity index is 1180. The van der Waals surface area contributed by atoms with Gasteiger partial charge in [-0.3, -0.25) is 0 Å². The van der Waals surface area contributed by atoms with Gasteiger partial charge < -0.3 is 0 Å². The SMILES string of the molecule is CCCCC(C)(CNC(C)=O)Nc1nc([NH+](Cc2ccc(OC)cc2OC)[I-]C)nc2ccccc12. The van der Waals surface area contributed by atoms with E-state index in [1.807, 2.05) is 42.5 Å². The summed E-state index contributed by atoms with van der Waals surface area (Å²) in [6.07, 6.45) is 3.04. The third-order valence-corrected chi connectivity index (χ3v) is 8.31. The number of para-hydroxylation sites is 1. The average molecular weight is 608 g/mol. The molecule has 1 amide bonds. The zero-order chi connectivity index (χ0) is 26.1. The summed E-state index contributed by atoms with van der Waals surface area (Å²) < 4.78 is 12.2. The van der Waals surface area contributed by atoms with E-state index >= 15 is 0 Å². The van der Waals surface area contributed by atoms with Gasteiger partial charge in [0.05, 0.1) is 0 Å². The van der Waals surface area contributed by atoms with Crippen LogP contribution in [0.15, 0.2) is 42.5 Å². The molecule has 3 N–H and O–H groups in total. The normalized spacial score (nSPS) is 13.7. The van der Waals surface area contributed by atoms with Gasteiger partial charge in [-0.05, 0) is 0 Å². The first-order valence-electron chi connectivity index (χ1n) is 12.2. The maximum absolute atomic E-state index is 11.7. The molecule has 9 heteroatoms. The fourth-order valence-corrected chi connectivity index (χ4v) is 5.57. The Kier molecular flexibility index (Phi) is 10.1. The molecule has 1 heterocycles. The number of benzene rings is 2. The fourth-order valence-electron chi connectivity index (χ4n) is 4.06. The molecule has 8 nitrogen and oxygen atoms in total. The van der Waals surface area contributed by atoms with Crippen molar-refractivity contribution in [1.82, 2.24) is 15.3 Å². The van der Waals surface area contributed by atoms with Crippen LogP contribution in [0.5, 0.6) is 11.5 Å². The van der Waals surface area contributed by atoms with Gasteiger partial charge in [-0.25, -0.2) is 0 Å². The van der Waals surface area contributed by atoms with Crippen LogP contribution in [0.3, 0.4) is 0 Å². The third-order valence-electron chi connectivity index (χ3n) is 6.14. The molecule has 0 spiro atoms. The van der Waals surface area contributed by atoms with Gasteiger partial charge in [-0.15, -0.1) is 0 Å². The number of hydrogen-bond acceptors (Lipinski definition) is 6. The van der Waals surface area contributed by atoms with Crippen molar-refractivity contribution >= 4 is 28.6 Å². The molecule has 196 valence electrons. The van der Waals surface area contributed by atoms with E-state index in [-0.39, 0.29) is 32.9 Å². The molecule has 3 rings (SSSR count). The predicted octanol–water partition coefficient (Wildman–Crippen LogP) is 0.494. The van der Waals surface area contributed by atoms with E-state index in [1.165, 1.54) is 3.11 Å². The van der Waals surface area contributed by atoms with Crippen molar-refractivity contribution in [1.29, 1.82) is 0 Å². The van der Waals surface area contributed by atoms with Crippen molar-refractivity contribution in [3.63, 3.8) is 0 Å². The number of halogens is 1. The number of quaternary nitrogens is 1. The third kappa shape index (κ3) is 7.19. The van der Waals surface area contributed by atoms with E-state index < -0.39 is 0 Å². The number of hydrogen-bond donors (Lipinski definition) is 3. The molecule has 2 unspecified atom stereocenters. The Morgan fingerprint density at radius 3 is 2.58 bits per heavy atom. The quantitative estimate of drug-likeness (QED) is 0.149. The van der Waals surface area contributed by atoms with E-state index in [1.54, 1.807) is 21.1 Å². The summed E-state index contributed by atoms with van der Waals surface area (Å²) in [6.45, 7) is 7.12. The van der Waals surface area contributed by atoms with Crippen LogP contribution in [0.2, 0.25) is 0 Å². The molecular weight excluding hydrogens is 569 g/mol. The van der Waals surface area contributed by atoms with Gasteiger partial charge >= 0.3 is 225 Å². The van der Waals surface area contributed by atoms with E-state index in [0.29, 0.717) is 13.1 Å². The number of fused-ring (bicyclic) bond motifs is 1. The standard InChI is InChI=1S/C27H38IN5O3/c1-7-8-15-27(3,18-29-19(2)34)32-25-22-11-9-10-12-23(22)30-26(31-25)33(28-4)17-20-13-14-21(35-5)16-24(20)36-6/h9-14,16,33H,7-8,15,17-18H2,1-6H3,(H,29,34)(H,30,31,32). The Hall–Kier alpha value is -2.66. The Balaban J connectivity index is 2.00.